The van der Waals surface area contributed by atoms with Crippen LogP contribution in [0.25, 0.3) is 0 Å². The van der Waals surface area contributed by atoms with E-state index in [0.717, 1.165) is 37.2 Å². The SMILES string of the molecule is COc1ccc(C)cc1CC1(O)CCNCC1. The zero-order valence-corrected chi connectivity index (χ0v) is 10.6. The van der Waals surface area contributed by atoms with E-state index in [1.54, 1.807) is 7.11 Å². The van der Waals surface area contributed by atoms with Gasteiger partial charge in [-0.1, -0.05) is 17.7 Å². The molecule has 3 nitrogen and oxygen atoms in total. The summed E-state index contributed by atoms with van der Waals surface area (Å²) in [6.07, 6.45) is 2.30. The molecule has 0 saturated carbocycles. The summed E-state index contributed by atoms with van der Waals surface area (Å²) < 4.78 is 5.36. The molecule has 3 heteroatoms. The van der Waals surface area contributed by atoms with Crippen molar-refractivity contribution in [1.82, 2.24) is 5.32 Å². The van der Waals surface area contributed by atoms with Crippen LogP contribution < -0.4 is 10.1 Å². The van der Waals surface area contributed by atoms with E-state index in [1.165, 1.54) is 5.56 Å². The van der Waals surface area contributed by atoms with Gasteiger partial charge in [0.1, 0.15) is 5.75 Å². The first-order valence-electron chi connectivity index (χ1n) is 6.20. The second-order valence-corrected chi connectivity index (χ2v) is 4.97. The molecular formula is C14H21NO2. The smallest absolute Gasteiger partial charge is 0.122 e. The number of benzene rings is 1. The topological polar surface area (TPSA) is 41.5 Å². The van der Waals surface area contributed by atoms with E-state index >= 15 is 0 Å². The number of aliphatic hydroxyl groups is 1. The summed E-state index contributed by atoms with van der Waals surface area (Å²) in [6, 6.07) is 6.13. The minimum absolute atomic E-state index is 0.577. The zero-order valence-electron chi connectivity index (χ0n) is 10.6. The van der Waals surface area contributed by atoms with E-state index in [-0.39, 0.29) is 0 Å². The van der Waals surface area contributed by atoms with Gasteiger partial charge in [0.05, 0.1) is 12.7 Å². The molecule has 0 radical (unpaired) electrons. The van der Waals surface area contributed by atoms with Crippen molar-refractivity contribution in [2.75, 3.05) is 20.2 Å². The average Bonchev–Trinajstić information content (AvgIpc) is 2.29. The lowest BCUT2D eigenvalue weighted by Crippen LogP contribution is -2.43. The number of aryl methyl sites for hydroxylation is 1. The van der Waals surface area contributed by atoms with Gasteiger partial charge in [-0.3, -0.25) is 0 Å². The van der Waals surface area contributed by atoms with Crippen molar-refractivity contribution in [2.45, 2.75) is 31.8 Å². The van der Waals surface area contributed by atoms with Crippen molar-refractivity contribution in [3.63, 3.8) is 0 Å². The Labute approximate surface area is 103 Å². The molecule has 1 aromatic carbocycles. The van der Waals surface area contributed by atoms with Crippen molar-refractivity contribution >= 4 is 0 Å². The van der Waals surface area contributed by atoms with Crippen molar-refractivity contribution in [2.24, 2.45) is 0 Å². The highest BCUT2D eigenvalue weighted by atomic mass is 16.5. The van der Waals surface area contributed by atoms with Crippen molar-refractivity contribution in [1.29, 1.82) is 0 Å². The number of hydrogen-bond acceptors (Lipinski definition) is 3. The first kappa shape index (κ1) is 12.4. The summed E-state index contributed by atoms with van der Waals surface area (Å²) in [7, 11) is 1.68. The molecule has 1 aromatic rings. The number of rotatable bonds is 3. The van der Waals surface area contributed by atoms with Crippen molar-refractivity contribution < 1.29 is 9.84 Å². The lowest BCUT2D eigenvalue weighted by atomic mass is 9.85. The molecule has 0 aliphatic carbocycles. The standard InChI is InChI=1S/C14H21NO2/c1-11-3-4-13(17-2)12(9-11)10-14(16)5-7-15-8-6-14/h3-4,9,15-16H,5-8,10H2,1-2H3. The molecular weight excluding hydrogens is 214 g/mol. The molecule has 2 rings (SSSR count). The van der Waals surface area contributed by atoms with E-state index in [1.807, 2.05) is 12.1 Å². The van der Waals surface area contributed by atoms with E-state index in [9.17, 15) is 5.11 Å². The van der Waals surface area contributed by atoms with E-state index in [0.29, 0.717) is 6.42 Å². The van der Waals surface area contributed by atoms with Crippen LogP contribution in [0.15, 0.2) is 18.2 Å². The quantitative estimate of drug-likeness (QED) is 0.837. The van der Waals surface area contributed by atoms with Gasteiger partial charge in [-0.15, -0.1) is 0 Å². The van der Waals surface area contributed by atoms with Crippen LogP contribution in [0.5, 0.6) is 5.75 Å². The van der Waals surface area contributed by atoms with Crippen molar-refractivity contribution in [3.8, 4) is 5.75 Å². The molecule has 1 fully saturated rings. The molecule has 1 aliphatic rings. The van der Waals surface area contributed by atoms with Gasteiger partial charge in [0.25, 0.3) is 0 Å². The minimum Gasteiger partial charge on any atom is -0.496 e. The Hall–Kier alpha value is -1.06. The van der Waals surface area contributed by atoms with E-state index < -0.39 is 5.60 Å². The van der Waals surface area contributed by atoms with Crippen LogP contribution in [0.1, 0.15) is 24.0 Å². The van der Waals surface area contributed by atoms with Gasteiger partial charge in [-0.2, -0.15) is 0 Å². The number of ether oxygens (including phenoxy) is 1. The van der Waals surface area contributed by atoms with Crippen LogP contribution in [0.4, 0.5) is 0 Å². The Balaban J connectivity index is 2.19. The molecule has 0 spiro atoms. The number of methoxy groups -OCH3 is 1. The normalized spacial score (nSPS) is 19.0. The predicted molar refractivity (Wildman–Crippen MR) is 68.5 cm³/mol. The Morgan fingerprint density at radius 1 is 1.35 bits per heavy atom. The highest BCUT2D eigenvalue weighted by molar-refractivity contribution is 5.37. The van der Waals surface area contributed by atoms with Gasteiger partial charge in [0.15, 0.2) is 0 Å². The lowest BCUT2D eigenvalue weighted by molar-refractivity contribution is 0.0104. The van der Waals surface area contributed by atoms with Crippen molar-refractivity contribution in [3.05, 3.63) is 29.3 Å². The van der Waals surface area contributed by atoms with Gasteiger partial charge in [0.2, 0.25) is 0 Å². The Kier molecular flexibility index (Phi) is 3.69. The minimum atomic E-state index is -0.577. The first-order valence-corrected chi connectivity index (χ1v) is 6.20. The Bertz CT molecular complexity index is 384. The highest BCUT2D eigenvalue weighted by Crippen LogP contribution is 2.28. The molecule has 1 aliphatic heterocycles. The summed E-state index contributed by atoms with van der Waals surface area (Å²) in [6.45, 7) is 3.85. The fraction of sp³-hybridized carbons (Fsp3) is 0.571. The molecule has 0 bridgehead atoms. The highest BCUT2D eigenvalue weighted by Gasteiger charge is 2.30. The summed E-state index contributed by atoms with van der Waals surface area (Å²) in [5.41, 5.74) is 1.74. The molecule has 1 saturated heterocycles. The fourth-order valence-electron chi connectivity index (χ4n) is 2.47. The maximum Gasteiger partial charge on any atom is 0.122 e. The molecule has 0 amide bonds. The maximum absolute atomic E-state index is 10.5. The molecule has 17 heavy (non-hydrogen) atoms. The largest absolute Gasteiger partial charge is 0.496 e. The lowest BCUT2D eigenvalue weighted by Gasteiger charge is -2.33. The number of hydrogen-bond donors (Lipinski definition) is 2. The first-order chi connectivity index (χ1) is 8.13. The fourth-order valence-corrected chi connectivity index (χ4v) is 2.47. The summed E-state index contributed by atoms with van der Waals surface area (Å²) >= 11 is 0. The second-order valence-electron chi connectivity index (χ2n) is 4.97. The molecule has 0 aromatic heterocycles. The maximum atomic E-state index is 10.5. The van der Waals surface area contributed by atoms with Gasteiger partial charge in [0, 0.05) is 6.42 Å². The Morgan fingerprint density at radius 2 is 2.06 bits per heavy atom. The van der Waals surface area contributed by atoms with Crippen LogP contribution in [0.2, 0.25) is 0 Å². The van der Waals surface area contributed by atoms with Crippen LogP contribution in [0, 0.1) is 6.92 Å². The monoisotopic (exact) mass is 235 g/mol. The summed E-state index contributed by atoms with van der Waals surface area (Å²) in [4.78, 5) is 0. The molecule has 1 heterocycles. The van der Waals surface area contributed by atoms with Crippen LogP contribution in [-0.4, -0.2) is 30.9 Å². The third-order valence-electron chi connectivity index (χ3n) is 3.49. The summed E-state index contributed by atoms with van der Waals surface area (Å²) in [5.74, 6) is 0.877. The van der Waals surface area contributed by atoms with Crippen LogP contribution >= 0.6 is 0 Å². The number of nitrogens with one attached hydrogen (secondary N) is 1. The van der Waals surface area contributed by atoms with Crippen LogP contribution in [-0.2, 0) is 6.42 Å². The molecule has 0 atom stereocenters. The second kappa shape index (κ2) is 5.07. The number of piperidine rings is 1. The van der Waals surface area contributed by atoms with Crippen LogP contribution in [0.3, 0.4) is 0 Å². The van der Waals surface area contributed by atoms with Gasteiger partial charge in [-0.05, 0) is 44.5 Å². The average molecular weight is 235 g/mol. The van der Waals surface area contributed by atoms with E-state index in [2.05, 4.69) is 18.3 Å². The molecule has 94 valence electrons. The molecule has 0 unspecified atom stereocenters. The zero-order chi connectivity index (χ0) is 12.3. The summed E-state index contributed by atoms with van der Waals surface area (Å²) in [5, 5.41) is 13.8. The molecule has 2 N–H and O–H groups in total. The van der Waals surface area contributed by atoms with E-state index in [4.69, 9.17) is 4.74 Å². The van der Waals surface area contributed by atoms with Gasteiger partial charge in [-0.25, -0.2) is 0 Å². The predicted octanol–water partition coefficient (Wildman–Crippen LogP) is 1.66. The van der Waals surface area contributed by atoms with Gasteiger partial charge >= 0.3 is 0 Å². The third-order valence-corrected chi connectivity index (χ3v) is 3.49. The third kappa shape index (κ3) is 2.99. The Morgan fingerprint density at radius 3 is 2.71 bits per heavy atom. The van der Waals surface area contributed by atoms with Gasteiger partial charge < -0.3 is 15.2 Å².